The van der Waals surface area contributed by atoms with Crippen LogP contribution in [0.1, 0.15) is 195 Å². The maximum Gasteiger partial charge on any atom is 0.306 e. The largest absolute Gasteiger partial charge is 0.462 e. The first-order valence-electron chi connectivity index (χ1n) is 23.0. The fraction of sp³-hybridized carbons (Fsp3) is 0.822. The highest BCUT2D eigenvalue weighted by Crippen LogP contribution is 2.36. The highest BCUT2D eigenvalue weighted by Gasteiger charge is 2.38. The molecule has 0 bridgehead atoms. The summed E-state index contributed by atoms with van der Waals surface area (Å²) in [5.74, 6) is -0.487. The second-order valence-corrected chi connectivity index (χ2v) is 22.6. The second-order valence-electron chi connectivity index (χ2n) is 17.8. The summed E-state index contributed by atoms with van der Waals surface area (Å²) in [5, 5.41) is 22.0. The van der Waals surface area contributed by atoms with Crippen LogP contribution in [0.2, 0.25) is 18.1 Å². The van der Waals surface area contributed by atoms with Gasteiger partial charge in [-0.15, -0.1) is 0 Å². The van der Waals surface area contributed by atoms with Gasteiger partial charge in [0.15, 0.2) is 19.9 Å². The van der Waals surface area contributed by atoms with Crippen LogP contribution in [0.15, 0.2) is 16.8 Å². The molecule has 0 radical (unpaired) electrons. The zero-order valence-electron chi connectivity index (χ0n) is 37.3. The molecule has 0 fully saturated rings. The van der Waals surface area contributed by atoms with Crippen LogP contribution < -0.4 is 5.32 Å². The molecule has 58 heavy (non-hydrogen) atoms. The normalized spacial score (nSPS) is 12.5. The van der Waals surface area contributed by atoms with Crippen LogP contribution in [-0.4, -0.2) is 61.4 Å². The lowest BCUT2D eigenvalue weighted by molar-refractivity contribution is -0.383. The predicted octanol–water partition coefficient (Wildman–Crippen LogP) is 13.2. The lowest BCUT2D eigenvalue weighted by Gasteiger charge is -2.37. The smallest absolute Gasteiger partial charge is 0.306 e. The first-order chi connectivity index (χ1) is 27.9. The average Bonchev–Trinajstić information content (AvgIpc) is 3.68. The van der Waals surface area contributed by atoms with E-state index in [9.17, 15) is 19.7 Å². The summed E-state index contributed by atoms with van der Waals surface area (Å²) >= 11 is 0. The van der Waals surface area contributed by atoms with Gasteiger partial charge < -0.3 is 19.2 Å². The summed E-state index contributed by atoms with van der Waals surface area (Å²) in [6.07, 6.45) is 28.9. The van der Waals surface area contributed by atoms with Gasteiger partial charge in [0.05, 0.1) is 17.2 Å². The van der Waals surface area contributed by atoms with Crippen molar-refractivity contribution in [1.29, 1.82) is 0 Å². The number of hydrogen-bond donors (Lipinski definition) is 1. The monoisotopic (exact) mass is 833 g/mol. The molecule has 2 rings (SSSR count). The molecule has 332 valence electrons. The van der Waals surface area contributed by atoms with Crippen molar-refractivity contribution >= 4 is 42.7 Å². The van der Waals surface area contributed by atoms with Crippen LogP contribution in [0.25, 0.3) is 11.0 Å². The van der Waals surface area contributed by atoms with Gasteiger partial charge in [-0.2, -0.15) is 0 Å². The summed E-state index contributed by atoms with van der Waals surface area (Å²) < 4.78 is 22.5. The Hall–Kier alpha value is -3.06. The van der Waals surface area contributed by atoms with Crippen molar-refractivity contribution in [3.05, 3.63) is 22.2 Å². The predicted molar refractivity (Wildman–Crippen MR) is 237 cm³/mol. The number of fused-ring (bicyclic) bond motifs is 1. The van der Waals surface area contributed by atoms with Gasteiger partial charge in [-0.05, 0) is 53.8 Å². The molecule has 12 nitrogen and oxygen atoms in total. The molecule has 0 aliphatic carbocycles. The van der Waals surface area contributed by atoms with Gasteiger partial charge in [-0.1, -0.05) is 163 Å². The number of rotatable bonds is 36. The van der Waals surface area contributed by atoms with Crippen molar-refractivity contribution in [3.8, 4) is 0 Å². The van der Waals surface area contributed by atoms with Crippen LogP contribution in [0.3, 0.4) is 0 Å². The lowest BCUT2D eigenvalue weighted by atomic mass is 10.0. The number of anilines is 1. The summed E-state index contributed by atoms with van der Waals surface area (Å²) in [6, 6.07) is 3.06. The quantitative estimate of drug-likeness (QED) is 0.0229. The van der Waals surface area contributed by atoms with Gasteiger partial charge in [-0.25, -0.2) is 4.63 Å². The molecule has 1 heterocycles. The third-order valence-corrected chi connectivity index (χ3v) is 16.1. The maximum atomic E-state index is 12.8. The molecule has 13 heteroatoms. The molecule has 2 aromatic rings. The van der Waals surface area contributed by atoms with Crippen molar-refractivity contribution < 1.29 is 33.0 Å². The molecule has 0 saturated heterocycles. The number of carbonyl (C=O) groups is 2. The number of benzene rings is 1. The summed E-state index contributed by atoms with van der Waals surface area (Å²) in [4.78, 5) is 36.1. The molecule has 1 aromatic carbocycles. The number of carbonyl (C=O) groups excluding carboxylic acids is 2. The van der Waals surface area contributed by atoms with Gasteiger partial charge in [0, 0.05) is 25.5 Å². The molecule has 0 saturated carbocycles. The Morgan fingerprint density at radius 2 is 1.17 bits per heavy atom. The van der Waals surface area contributed by atoms with Crippen molar-refractivity contribution in [2.24, 2.45) is 0 Å². The number of nitrogens with one attached hydrogen (secondary N) is 1. The van der Waals surface area contributed by atoms with Crippen LogP contribution in [0.4, 0.5) is 11.4 Å². The van der Waals surface area contributed by atoms with E-state index < -0.39 is 19.3 Å². The van der Waals surface area contributed by atoms with Crippen molar-refractivity contribution in [2.45, 2.75) is 219 Å². The zero-order valence-corrected chi connectivity index (χ0v) is 38.3. The van der Waals surface area contributed by atoms with E-state index in [1.807, 2.05) is 0 Å². The molecule has 1 N–H and O–H groups in total. The number of unbranched alkanes of at least 4 members (excludes halogenated alkanes) is 22. The molecule has 1 aromatic heterocycles. The van der Waals surface area contributed by atoms with Crippen molar-refractivity contribution in [1.82, 2.24) is 10.3 Å². The molecule has 0 amide bonds. The Kier molecular flexibility index (Phi) is 26.5. The second kappa shape index (κ2) is 30.0. The van der Waals surface area contributed by atoms with Crippen LogP contribution >= 0.6 is 0 Å². The van der Waals surface area contributed by atoms with E-state index in [0.29, 0.717) is 24.0 Å². The van der Waals surface area contributed by atoms with E-state index in [-0.39, 0.29) is 41.4 Å². The minimum absolute atomic E-state index is 0.0182. The number of nitro groups is 1. The number of hydrogen-bond acceptors (Lipinski definition) is 11. The Morgan fingerprint density at radius 3 is 1.67 bits per heavy atom. The fourth-order valence-corrected chi connectivity index (χ4v) is 7.81. The number of aromatic nitrogens is 2. The SMILES string of the molecule is CCCCCCCCCCCCCCCCCC(=O)OC[C@@H](CO[Si](C)(C)C(C)(C)C)OC(=O)CCCCCCCCCCCNc1ccc([N+](=O)[O-])c2nonc12. The summed E-state index contributed by atoms with van der Waals surface area (Å²) in [6.45, 7) is 14.2. The third kappa shape index (κ3) is 22.3. The standard InChI is InChI=1S/C45H80N4O8Si/c1-7-8-9-10-11-12-13-14-15-16-17-19-22-25-28-31-41(50)54-36-38(37-55-58(5,6)45(2,3)4)56-42(51)32-29-26-23-20-18-21-24-27-30-35-46-39-33-34-40(49(52)53)44-43(39)47-57-48-44/h33-34,38,46H,7-32,35-37H2,1-6H3/t38-/m0/s1. The van der Waals surface area contributed by atoms with Gasteiger partial charge in [-0.3, -0.25) is 19.7 Å². The number of ether oxygens (including phenoxy) is 2. The van der Waals surface area contributed by atoms with E-state index in [0.717, 1.165) is 83.6 Å². The number of nitro benzene ring substituents is 1. The lowest BCUT2D eigenvalue weighted by Crippen LogP contribution is -2.44. The highest BCUT2D eigenvalue weighted by molar-refractivity contribution is 6.74. The molecular formula is C45H80N4O8Si. The summed E-state index contributed by atoms with van der Waals surface area (Å²) in [5.41, 5.74) is 1.10. The highest BCUT2D eigenvalue weighted by atomic mass is 28.4. The minimum atomic E-state index is -2.07. The van der Waals surface area contributed by atoms with Gasteiger partial charge in [0.1, 0.15) is 6.61 Å². The van der Waals surface area contributed by atoms with Crippen molar-refractivity contribution in [2.75, 3.05) is 25.1 Å². The van der Waals surface area contributed by atoms with Crippen LogP contribution in [-0.2, 0) is 23.5 Å². The van der Waals surface area contributed by atoms with E-state index >= 15 is 0 Å². The van der Waals surface area contributed by atoms with E-state index in [1.54, 1.807) is 6.07 Å². The Balaban J connectivity index is 1.54. The Labute approximate surface area is 351 Å². The Bertz CT molecular complexity index is 1410. The number of nitrogens with zero attached hydrogens (tertiary/aromatic N) is 3. The number of esters is 2. The van der Waals surface area contributed by atoms with E-state index in [2.05, 4.69) is 56.4 Å². The molecule has 0 spiro atoms. The van der Waals surface area contributed by atoms with Gasteiger partial charge in [0.2, 0.25) is 5.52 Å². The van der Waals surface area contributed by atoms with Crippen LogP contribution in [0, 0.1) is 10.1 Å². The van der Waals surface area contributed by atoms with Crippen molar-refractivity contribution in [3.63, 3.8) is 0 Å². The minimum Gasteiger partial charge on any atom is -0.462 e. The summed E-state index contributed by atoms with van der Waals surface area (Å²) in [7, 11) is -2.07. The molecular weight excluding hydrogens is 753 g/mol. The molecule has 0 aliphatic heterocycles. The van der Waals surface area contributed by atoms with Gasteiger partial charge in [0.25, 0.3) is 0 Å². The maximum absolute atomic E-state index is 12.8. The number of non-ortho nitro benzene ring substituents is 1. The topological polar surface area (TPSA) is 156 Å². The molecule has 1 atom stereocenters. The average molecular weight is 833 g/mol. The van der Waals surface area contributed by atoms with E-state index in [1.165, 1.54) is 83.1 Å². The Morgan fingerprint density at radius 1 is 0.707 bits per heavy atom. The fourth-order valence-electron chi connectivity index (χ4n) is 6.78. The van der Waals surface area contributed by atoms with E-state index in [4.69, 9.17) is 18.5 Å². The third-order valence-electron chi connectivity index (χ3n) is 11.6. The zero-order chi connectivity index (χ0) is 42.5. The molecule has 0 aliphatic rings. The van der Waals surface area contributed by atoms with Gasteiger partial charge >= 0.3 is 17.6 Å². The van der Waals surface area contributed by atoms with Crippen LogP contribution in [0.5, 0.6) is 0 Å². The first-order valence-corrected chi connectivity index (χ1v) is 25.9. The first kappa shape index (κ1) is 51.1. The molecule has 0 unspecified atom stereocenters.